The molecule has 1 aromatic carbocycles. The lowest BCUT2D eigenvalue weighted by atomic mass is 9.85. The van der Waals surface area contributed by atoms with Crippen molar-refractivity contribution in [3.8, 4) is 5.88 Å². The smallest absolute Gasteiger partial charge is 0.313 e. The maximum absolute atomic E-state index is 13.5. The number of fused-ring (bicyclic) bond motifs is 1. The van der Waals surface area contributed by atoms with Crippen molar-refractivity contribution in [1.82, 2.24) is 19.8 Å². The van der Waals surface area contributed by atoms with E-state index in [-0.39, 0.29) is 29.1 Å². The first-order chi connectivity index (χ1) is 19.6. The maximum Gasteiger partial charge on any atom is 0.313 e. The van der Waals surface area contributed by atoms with Crippen molar-refractivity contribution in [3.05, 3.63) is 46.6 Å². The van der Waals surface area contributed by atoms with E-state index in [1.165, 1.54) is 25.8 Å². The van der Waals surface area contributed by atoms with E-state index < -0.39 is 17.7 Å². The first kappa shape index (κ1) is 28.9. The van der Waals surface area contributed by atoms with E-state index in [9.17, 15) is 14.4 Å². The van der Waals surface area contributed by atoms with Crippen LogP contribution in [0, 0.1) is 17.8 Å². The molecule has 3 amide bonds. The highest BCUT2D eigenvalue weighted by Crippen LogP contribution is 2.36. The molecule has 0 spiro atoms. The molecule has 0 saturated carbocycles. The monoisotopic (exact) mass is 578 g/mol. The molecular weight excluding hydrogens is 540 g/mol. The Kier molecular flexibility index (Phi) is 8.55. The number of carbonyl (C=O) groups is 3. The van der Waals surface area contributed by atoms with Crippen LogP contribution in [0.2, 0.25) is 0 Å². The number of rotatable bonds is 6. The molecule has 3 N–H and O–H groups in total. The fraction of sp³-hybridized carbons (Fsp3) is 0.500. The number of likely N-dealkylation sites (tertiary alicyclic amines) is 2. The van der Waals surface area contributed by atoms with Gasteiger partial charge in [0.2, 0.25) is 5.88 Å². The first-order valence-electron chi connectivity index (χ1n) is 14.2. The normalized spacial score (nSPS) is 23.4. The van der Waals surface area contributed by atoms with Crippen LogP contribution in [0.4, 0.5) is 5.69 Å². The molecule has 2 fully saturated rings. The Morgan fingerprint density at radius 2 is 1.95 bits per heavy atom. The zero-order valence-electron chi connectivity index (χ0n) is 24.1. The van der Waals surface area contributed by atoms with Gasteiger partial charge in [-0.25, -0.2) is 9.97 Å². The minimum atomic E-state index is -0.796. The number of hydrogen-bond acceptors (Lipinski definition) is 8. The van der Waals surface area contributed by atoms with Crippen LogP contribution in [-0.2, 0) is 16.0 Å². The van der Waals surface area contributed by atoms with Crippen LogP contribution < -0.4 is 15.8 Å². The molecule has 5 rings (SSSR count). The van der Waals surface area contributed by atoms with Gasteiger partial charge in [0.05, 0.1) is 40.3 Å². The van der Waals surface area contributed by atoms with Gasteiger partial charge in [0.1, 0.15) is 5.56 Å². The number of anilines is 1. The van der Waals surface area contributed by atoms with E-state index in [2.05, 4.69) is 54.3 Å². The van der Waals surface area contributed by atoms with Crippen LogP contribution in [0.25, 0.3) is 10.2 Å². The Balaban J connectivity index is 1.33. The second-order valence-electron chi connectivity index (χ2n) is 11.6. The lowest BCUT2D eigenvalue weighted by Gasteiger charge is -2.38. The molecule has 4 atom stereocenters. The molecule has 10 nitrogen and oxygen atoms in total. The van der Waals surface area contributed by atoms with Crippen LogP contribution in [-0.4, -0.2) is 71.3 Å². The predicted molar refractivity (Wildman–Crippen MR) is 159 cm³/mol. The van der Waals surface area contributed by atoms with Crippen LogP contribution >= 0.6 is 11.3 Å². The zero-order valence-corrected chi connectivity index (χ0v) is 24.9. The van der Waals surface area contributed by atoms with Gasteiger partial charge in [-0.15, -0.1) is 11.3 Å². The van der Waals surface area contributed by atoms with Gasteiger partial charge in [-0.05, 0) is 74.4 Å². The second kappa shape index (κ2) is 12.1. The predicted octanol–water partition coefficient (Wildman–Crippen LogP) is 3.87. The van der Waals surface area contributed by atoms with E-state index in [0.29, 0.717) is 18.4 Å². The molecule has 4 heterocycles. The maximum atomic E-state index is 13.5. The summed E-state index contributed by atoms with van der Waals surface area (Å²) in [5.41, 5.74) is 7.55. The number of ether oxygens (including phenoxy) is 1. The lowest BCUT2D eigenvalue weighted by Crippen LogP contribution is -2.46. The van der Waals surface area contributed by atoms with Gasteiger partial charge in [-0.2, -0.15) is 0 Å². The number of pyridine rings is 1. The number of methoxy groups -OCH3 is 1. The molecule has 41 heavy (non-hydrogen) atoms. The molecule has 2 saturated heterocycles. The number of nitrogens with zero attached hydrogens (tertiary/aromatic N) is 4. The minimum Gasteiger partial charge on any atom is -0.480 e. The highest BCUT2D eigenvalue weighted by molar-refractivity contribution is 7.18. The standard InChI is InChI=1S/C30H38N6O4S/c1-17-5-7-24(36(15-17)30(39)28(38)33-21-13-22(27(31)37)29(40-4)32-14-21)20-6-8-25-23(11-20)34-26(41-25)12-19-9-10-35(3)16-18(19)2/h6,8,11,13-14,17-19,24H,5,7,9-10,12,15-16H2,1-4H3,(H2,31,37)(H,33,38)/t17-,18-,19+,24+/m0/s1. The summed E-state index contributed by atoms with van der Waals surface area (Å²) >= 11 is 1.75. The summed E-state index contributed by atoms with van der Waals surface area (Å²) in [6.45, 7) is 7.14. The molecule has 2 aliphatic rings. The Morgan fingerprint density at radius 1 is 1.15 bits per heavy atom. The molecule has 11 heteroatoms. The summed E-state index contributed by atoms with van der Waals surface area (Å²) in [5.74, 6) is -0.585. The number of hydrogen-bond donors (Lipinski definition) is 2. The first-order valence-corrected chi connectivity index (χ1v) is 15.0. The average Bonchev–Trinajstić information content (AvgIpc) is 3.35. The van der Waals surface area contributed by atoms with Crippen LogP contribution in [0.5, 0.6) is 5.88 Å². The van der Waals surface area contributed by atoms with Gasteiger partial charge in [0, 0.05) is 19.5 Å². The van der Waals surface area contributed by atoms with Gasteiger partial charge < -0.3 is 25.6 Å². The number of carbonyl (C=O) groups excluding carboxylic acids is 3. The molecule has 2 aliphatic heterocycles. The molecule has 0 radical (unpaired) electrons. The SMILES string of the molecule is COc1ncc(NC(=O)C(=O)N2C[C@@H](C)CC[C@@H]2c2ccc3sc(C[C@H]4CCN(C)C[C@@H]4C)nc3c2)cc1C(N)=O. The van der Waals surface area contributed by atoms with Gasteiger partial charge in [0.15, 0.2) is 0 Å². The van der Waals surface area contributed by atoms with E-state index in [4.69, 9.17) is 15.5 Å². The largest absolute Gasteiger partial charge is 0.480 e. The van der Waals surface area contributed by atoms with E-state index in [1.54, 1.807) is 16.2 Å². The summed E-state index contributed by atoms with van der Waals surface area (Å²) in [6, 6.07) is 7.37. The van der Waals surface area contributed by atoms with Gasteiger partial charge in [0.25, 0.3) is 5.91 Å². The number of nitrogens with two attached hydrogens (primary N) is 1. The number of nitrogens with one attached hydrogen (secondary N) is 1. The number of primary amides is 1. The molecule has 218 valence electrons. The van der Waals surface area contributed by atoms with Crippen molar-refractivity contribution in [1.29, 1.82) is 0 Å². The fourth-order valence-corrected chi connectivity index (χ4v) is 7.16. The molecule has 3 aromatic rings. The van der Waals surface area contributed by atoms with Crippen LogP contribution in [0.15, 0.2) is 30.5 Å². The highest BCUT2D eigenvalue weighted by atomic mass is 32.1. The van der Waals surface area contributed by atoms with Gasteiger partial charge in [-0.3, -0.25) is 14.4 Å². The molecule has 0 aliphatic carbocycles. The Morgan fingerprint density at radius 3 is 2.68 bits per heavy atom. The Hall–Kier alpha value is -3.57. The lowest BCUT2D eigenvalue weighted by molar-refractivity contribution is -0.146. The van der Waals surface area contributed by atoms with Crippen molar-refractivity contribution >= 4 is 45.0 Å². The summed E-state index contributed by atoms with van der Waals surface area (Å²) in [5, 5.41) is 3.74. The number of aromatic nitrogens is 2. The quantitative estimate of drug-likeness (QED) is 0.425. The van der Waals surface area contributed by atoms with E-state index in [0.717, 1.165) is 53.1 Å². The molecule has 2 aromatic heterocycles. The van der Waals surface area contributed by atoms with Gasteiger partial charge in [-0.1, -0.05) is 19.9 Å². The number of piperidine rings is 2. The van der Waals surface area contributed by atoms with Crippen molar-refractivity contribution in [2.24, 2.45) is 23.5 Å². The van der Waals surface area contributed by atoms with Crippen LogP contribution in [0.3, 0.4) is 0 Å². The third-order valence-corrected chi connectivity index (χ3v) is 9.46. The average molecular weight is 579 g/mol. The van der Waals surface area contributed by atoms with Crippen molar-refractivity contribution < 1.29 is 19.1 Å². The van der Waals surface area contributed by atoms with Crippen molar-refractivity contribution in [2.75, 3.05) is 39.1 Å². The van der Waals surface area contributed by atoms with E-state index in [1.807, 2.05) is 0 Å². The fourth-order valence-electron chi connectivity index (χ4n) is 6.12. The summed E-state index contributed by atoms with van der Waals surface area (Å²) in [4.78, 5) is 51.4. The molecule has 0 unspecified atom stereocenters. The summed E-state index contributed by atoms with van der Waals surface area (Å²) < 4.78 is 6.20. The van der Waals surface area contributed by atoms with Crippen molar-refractivity contribution in [3.63, 3.8) is 0 Å². The Bertz CT molecular complexity index is 1460. The van der Waals surface area contributed by atoms with Crippen molar-refractivity contribution in [2.45, 2.75) is 45.6 Å². The highest BCUT2D eigenvalue weighted by Gasteiger charge is 2.35. The van der Waals surface area contributed by atoms with Gasteiger partial charge >= 0.3 is 11.8 Å². The second-order valence-corrected chi connectivity index (χ2v) is 12.7. The molecule has 0 bridgehead atoms. The topological polar surface area (TPSA) is 131 Å². The zero-order chi connectivity index (χ0) is 29.3. The number of benzene rings is 1. The number of amides is 3. The third kappa shape index (κ3) is 6.36. The number of thiazole rings is 1. The minimum absolute atomic E-state index is 0.0171. The molecular formula is C30H38N6O4S. The Labute approximate surface area is 244 Å². The third-order valence-electron chi connectivity index (χ3n) is 8.40. The van der Waals surface area contributed by atoms with Crippen LogP contribution in [0.1, 0.15) is 60.1 Å². The van der Waals surface area contributed by atoms with E-state index >= 15 is 0 Å². The summed E-state index contributed by atoms with van der Waals surface area (Å²) in [7, 11) is 3.56. The summed E-state index contributed by atoms with van der Waals surface area (Å²) in [6.07, 6.45) is 5.22.